The second-order valence-corrected chi connectivity index (χ2v) is 5.51. The lowest BCUT2D eigenvalue weighted by molar-refractivity contribution is 0.0950. The van der Waals surface area contributed by atoms with E-state index in [1.807, 2.05) is 5.38 Å². The van der Waals surface area contributed by atoms with Crippen molar-refractivity contribution in [1.29, 1.82) is 0 Å². The van der Waals surface area contributed by atoms with Crippen molar-refractivity contribution in [3.8, 4) is 0 Å². The van der Waals surface area contributed by atoms with Gasteiger partial charge in [-0.25, -0.2) is 0 Å². The van der Waals surface area contributed by atoms with Crippen LogP contribution in [0, 0.1) is 0 Å². The number of aromatic amines is 1. The molecule has 2 aromatic rings. The van der Waals surface area contributed by atoms with Gasteiger partial charge in [-0.2, -0.15) is 5.10 Å². The number of hydrogen-bond donors (Lipinski definition) is 2. The largest absolute Gasteiger partial charge is 0.348 e. The molecule has 0 aromatic carbocycles. The molecule has 0 atom stereocenters. The lowest BCUT2D eigenvalue weighted by Crippen LogP contribution is -2.23. The maximum absolute atomic E-state index is 12.1. The lowest BCUT2D eigenvalue weighted by Gasteiger charge is -2.12. The van der Waals surface area contributed by atoms with Crippen LogP contribution in [0.25, 0.3) is 0 Å². The SMILES string of the molecule is O=C(NCc1cn[nH]c1)c1csc2c1CCCC2. The minimum atomic E-state index is 0.0376. The van der Waals surface area contributed by atoms with E-state index in [0.717, 1.165) is 24.0 Å². The van der Waals surface area contributed by atoms with E-state index in [1.54, 1.807) is 23.7 Å². The van der Waals surface area contributed by atoms with Gasteiger partial charge in [-0.05, 0) is 31.2 Å². The number of hydrogen-bond acceptors (Lipinski definition) is 3. The molecule has 2 aromatic heterocycles. The van der Waals surface area contributed by atoms with Crippen LogP contribution < -0.4 is 5.32 Å². The zero-order chi connectivity index (χ0) is 12.4. The number of fused-ring (bicyclic) bond motifs is 1. The molecular formula is C13H15N3OS. The van der Waals surface area contributed by atoms with Crippen LogP contribution in [0.3, 0.4) is 0 Å². The minimum absolute atomic E-state index is 0.0376. The number of aryl methyl sites for hydroxylation is 1. The summed E-state index contributed by atoms with van der Waals surface area (Å²) in [6, 6.07) is 0. The van der Waals surface area contributed by atoms with E-state index < -0.39 is 0 Å². The van der Waals surface area contributed by atoms with Crippen molar-refractivity contribution in [2.45, 2.75) is 32.2 Å². The third kappa shape index (κ3) is 2.18. The van der Waals surface area contributed by atoms with E-state index in [2.05, 4.69) is 15.5 Å². The third-order valence-corrected chi connectivity index (χ3v) is 4.40. The Bertz CT molecular complexity index is 545. The normalized spacial score (nSPS) is 14.2. The molecule has 1 amide bonds. The molecule has 2 heterocycles. The molecule has 5 heteroatoms. The van der Waals surface area contributed by atoms with Gasteiger partial charge in [-0.3, -0.25) is 9.89 Å². The molecule has 2 N–H and O–H groups in total. The molecule has 4 nitrogen and oxygen atoms in total. The zero-order valence-corrected chi connectivity index (χ0v) is 10.8. The number of aromatic nitrogens is 2. The van der Waals surface area contributed by atoms with Gasteiger partial charge in [-0.15, -0.1) is 11.3 Å². The molecule has 0 saturated carbocycles. The average molecular weight is 261 g/mol. The molecule has 0 saturated heterocycles. The number of nitrogens with one attached hydrogen (secondary N) is 2. The van der Waals surface area contributed by atoms with Crippen LogP contribution in [0.2, 0.25) is 0 Å². The molecule has 1 aliphatic carbocycles. The summed E-state index contributed by atoms with van der Waals surface area (Å²) in [5, 5.41) is 11.5. The molecule has 0 radical (unpaired) electrons. The maximum Gasteiger partial charge on any atom is 0.252 e. The number of H-pyrrole nitrogens is 1. The molecule has 1 aliphatic rings. The topological polar surface area (TPSA) is 57.8 Å². The first-order valence-electron chi connectivity index (χ1n) is 6.19. The second-order valence-electron chi connectivity index (χ2n) is 4.55. The highest BCUT2D eigenvalue weighted by atomic mass is 32.1. The fourth-order valence-electron chi connectivity index (χ4n) is 2.34. The van der Waals surface area contributed by atoms with Gasteiger partial charge in [0.2, 0.25) is 0 Å². The Morgan fingerprint density at radius 2 is 2.33 bits per heavy atom. The smallest absolute Gasteiger partial charge is 0.252 e. The molecule has 0 aliphatic heterocycles. The number of carbonyl (C=O) groups excluding carboxylic acids is 1. The number of nitrogens with zero attached hydrogens (tertiary/aromatic N) is 1. The van der Waals surface area contributed by atoms with E-state index in [9.17, 15) is 4.79 Å². The first kappa shape index (κ1) is 11.5. The van der Waals surface area contributed by atoms with Crippen LogP contribution in [0.15, 0.2) is 17.8 Å². The van der Waals surface area contributed by atoms with E-state index >= 15 is 0 Å². The minimum Gasteiger partial charge on any atom is -0.348 e. The average Bonchev–Trinajstić information content (AvgIpc) is 3.05. The summed E-state index contributed by atoms with van der Waals surface area (Å²) in [7, 11) is 0. The predicted octanol–water partition coefficient (Wildman–Crippen LogP) is 2.28. The number of amides is 1. The summed E-state index contributed by atoms with van der Waals surface area (Å²) < 4.78 is 0. The molecule has 0 fully saturated rings. The van der Waals surface area contributed by atoms with Gasteiger partial charge in [0.05, 0.1) is 11.8 Å². The molecule has 18 heavy (non-hydrogen) atoms. The van der Waals surface area contributed by atoms with Gasteiger partial charge in [0.15, 0.2) is 0 Å². The molecule has 0 bridgehead atoms. The van der Waals surface area contributed by atoms with Crippen molar-refractivity contribution in [1.82, 2.24) is 15.5 Å². The fourth-order valence-corrected chi connectivity index (χ4v) is 3.46. The monoisotopic (exact) mass is 261 g/mol. The Kier molecular flexibility index (Phi) is 3.15. The van der Waals surface area contributed by atoms with E-state index in [0.29, 0.717) is 6.54 Å². The van der Waals surface area contributed by atoms with Crippen molar-refractivity contribution in [3.05, 3.63) is 39.3 Å². The summed E-state index contributed by atoms with van der Waals surface area (Å²) in [5.74, 6) is 0.0376. The summed E-state index contributed by atoms with van der Waals surface area (Å²) in [6.07, 6.45) is 8.16. The van der Waals surface area contributed by atoms with E-state index in [1.165, 1.54) is 23.3 Å². The summed E-state index contributed by atoms with van der Waals surface area (Å²) in [5.41, 5.74) is 3.14. The number of rotatable bonds is 3. The Morgan fingerprint density at radius 1 is 1.44 bits per heavy atom. The quantitative estimate of drug-likeness (QED) is 0.890. The maximum atomic E-state index is 12.1. The lowest BCUT2D eigenvalue weighted by atomic mass is 9.95. The van der Waals surface area contributed by atoms with Crippen molar-refractivity contribution in [2.24, 2.45) is 0 Å². The van der Waals surface area contributed by atoms with Gasteiger partial charge >= 0.3 is 0 Å². The summed E-state index contributed by atoms with van der Waals surface area (Å²) in [4.78, 5) is 13.5. The number of carbonyl (C=O) groups is 1. The summed E-state index contributed by atoms with van der Waals surface area (Å²) >= 11 is 1.72. The van der Waals surface area contributed by atoms with Crippen LogP contribution in [0.5, 0.6) is 0 Å². The highest BCUT2D eigenvalue weighted by Crippen LogP contribution is 2.30. The second kappa shape index (κ2) is 4.94. The molecule has 0 unspecified atom stereocenters. The van der Waals surface area contributed by atoms with Crippen molar-refractivity contribution < 1.29 is 4.79 Å². The van der Waals surface area contributed by atoms with Crippen molar-refractivity contribution in [3.63, 3.8) is 0 Å². The third-order valence-electron chi connectivity index (χ3n) is 3.31. The first-order valence-corrected chi connectivity index (χ1v) is 7.07. The van der Waals surface area contributed by atoms with Crippen LogP contribution in [0.1, 0.15) is 39.2 Å². The Morgan fingerprint density at radius 3 is 3.17 bits per heavy atom. The van der Waals surface area contributed by atoms with Gasteiger partial charge < -0.3 is 5.32 Å². The first-order chi connectivity index (χ1) is 8.84. The molecular weight excluding hydrogens is 246 g/mol. The number of thiophene rings is 1. The Labute approximate surface area is 109 Å². The standard InChI is InChI=1S/C13H15N3OS/c17-13(14-5-9-6-15-16-7-9)11-8-18-12-4-2-1-3-10(11)12/h6-8H,1-5H2,(H,14,17)(H,15,16). The zero-order valence-electron chi connectivity index (χ0n) is 10.0. The van der Waals surface area contributed by atoms with Gasteiger partial charge in [0.1, 0.15) is 0 Å². The van der Waals surface area contributed by atoms with Crippen LogP contribution >= 0.6 is 11.3 Å². The molecule has 94 valence electrons. The van der Waals surface area contributed by atoms with Gasteiger partial charge in [0.25, 0.3) is 5.91 Å². The highest BCUT2D eigenvalue weighted by Gasteiger charge is 2.19. The van der Waals surface area contributed by atoms with E-state index in [-0.39, 0.29) is 5.91 Å². The van der Waals surface area contributed by atoms with Gasteiger partial charge in [0, 0.05) is 28.6 Å². The van der Waals surface area contributed by atoms with Crippen LogP contribution in [-0.4, -0.2) is 16.1 Å². The Balaban J connectivity index is 1.70. The van der Waals surface area contributed by atoms with E-state index in [4.69, 9.17) is 0 Å². The predicted molar refractivity (Wildman–Crippen MR) is 70.7 cm³/mol. The van der Waals surface area contributed by atoms with Crippen molar-refractivity contribution >= 4 is 17.2 Å². The summed E-state index contributed by atoms with van der Waals surface area (Å²) in [6.45, 7) is 0.528. The molecule has 3 rings (SSSR count). The van der Waals surface area contributed by atoms with Crippen LogP contribution in [-0.2, 0) is 19.4 Å². The highest BCUT2D eigenvalue weighted by molar-refractivity contribution is 7.10. The van der Waals surface area contributed by atoms with Crippen LogP contribution in [0.4, 0.5) is 0 Å². The fraction of sp³-hybridized carbons (Fsp3) is 0.385. The van der Waals surface area contributed by atoms with Crippen molar-refractivity contribution in [2.75, 3.05) is 0 Å². The van der Waals surface area contributed by atoms with Gasteiger partial charge in [-0.1, -0.05) is 0 Å². The molecule has 0 spiro atoms. The Hall–Kier alpha value is -1.62.